The van der Waals surface area contributed by atoms with Crippen LogP contribution in [0.25, 0.3) is 0 Å². The summed E-state index contributed by atoms with van der Waals surface area (Å²) >= 11 is 0. The normalized spacial score (nSPS) is 19.2. The van der Waals surface area contributed by atoms with Gasteiger partial charge in [-0.15, -0.1) is 0 Å². The van der Waals surface area contributed by atoms with Crippen LogP contribution in [0.4, 0.5) is 17.1 Å². The molecule has 0 aromatic heterocycles. The van der Waals surface area contributed by atoms with Gasteiger partial charge in [0.25, 0.3) is 0 Å². The molecule has 144 valence electrons. The van der Waals surface area contributed by atoms with Crippen molar-refractivity contribution in [2.75, 3.05) is 36.8 Å². The Bertz CT molecular complexity index is 762. The molecule has 1 fully saturated rings. The van der Waals surface area contributed by atoms with Crippen LogP contribution in [0.2, 0.25) is 0 Å². The standard InChI is InChI=1S/C24H33N3/c1-2-3-8-16-26-17-13-24(14-18-26)15-19-27(22-11-6-4-9-20(22)24)23-12-7-5-10-21(23)25/h4-7,9-12H,2-3,8,13-19,25H2,1H3. The number of nitrogens with two attached hydrogens (primary N) is 1. The van der Waals surface area contributed by atoms with Gasteiger partial charge in [-0.25, -0.2) is 0 Å². The molecule has 3 nitrogen and oxygen atoms in total. The summed E-state index contributed by atoms with van der Waals surface area (Å²) in [6, 6.07) is 17.3. The van der Waals surface area contributed by atoms with E-state index in [0.717, 1.165) is 17.9 Å². The van der Waals surface area contributed by atoms with Crippen molar-refractivity contribution in [2.24, 2.45) is 0 Å². The molecule has 2 aromatic carbocycles. The first-order valence-electron chi connectivity index (χ1n) is 10.7. The highest BCUT2D eigenvalue weighted by molar-refractivity contribution is 5.77. The number of para-hydroxylation sites is 3. The molecule has 2 N–H and O–H groups in total. The minimum atomic E-state index is 0.345. The zero-order valence-electron chi connectivity index (χ0n) is 16.7. The lowest BCUT2D eigenvalue weighted by Crippen LogP contribution is -2.47. The van der Waals surface area contributed by atoms with Gasteiger partial charge in [0.15, 0.2) is 0 Å². The molecule has 1 spiro atoms. The van der Waals surface area contributed by atoms with Crippen LogP contribution in [0.3, 0.4) is 0 Å². The maximum absolute atomic E-state index is 6.31. The van der Waals surface area contributed by atoms with Gasteiger partial charge in [0, 0.05) is 17.6 Å². The number of benzene rings is 2. The van der Waals surface area contributed by atoms with Crippen LogP contribution in [0.5, 0.6) is 0 Å². The quantitative estimate of drug-likeness (QED) is 0.575. The Morgan fingerprint density at radius 2 is 1.52 bits per heavy atom. The van der Waals surface area contributed by atoms with Gasteiger partial charge in [-0.1, -0.05) is 50.1 Å². The highest BCUT2D eigenvalue weighted by Crippen LogP contribution is 2.49. The maximum atomic E-state index is 6.31. The molecule has 0 aliphatic carbocycles. The van der Waals surface area contributed by atoms with Gasteiger partial charge in [0.1, 0.15) is 0 Å². The molecule has 2 aliphatic rings. The highest BCUT2D eigenvalue weighted by Gasteiger charge is 2.41. The van der Waals surface area contributed by atoms with Gasteiger partial charge < -0.3 is 15.5 Å². The summed E-state index contributed by atoms with van der Waals surface area (Å²) in [7, 11) is 0. The van der Waals surface area contributed by atoms with E-state index in [2.05, 4.69) is 53.1 Å². The lowest BCUT2D eigenvalue weighted by atomic mass is 9.68. The molecule has 0 unspecified atom stereocenters. The number of nitrogens with zero attached hydrogens (tertiary/aromatic N) is 2. The highest BCUT2D eigenvalue weighted by atomic mass is 15.2. The van der Waals surface area contributed by atoms with Crippen molar-refractivity contribution in [3.8, 4) is 0 Å². The zero-order chi connectivity index (χ0) is 18.7. The molecule has 0 radical (unpaired) electrons. The largest absolute Gasteiger partial charge is 0.397 e. The molecule has 2 aromatic rings. The van der Waals surface area contributed by atoms with Crippen molar-refractivity contribution in [1.29, 1.82) is 0 Å². The van der Waals surface area contributed by atoms with Crippen LogP contribution in [0, 0.1) is 0 Å². The van der Waals surface area contributed by atoms with E-state index in [4.69, 9.17) is 5.73 Å². The van der Waals surface area contributed by atoms with Crippen molar-refractivity contribution < 1.29 is 0 Å². The van der Waals surface area contributed by atoms with E-state index in [1.54, 1.807) is 0 Å². The van der Waals surface area contributed by atoms with Gasteiger partial charge in [0.05, 0.1) is 11.4 Å². The number of piperidine rings is 1. The van der Waals surface area contributed by atoms with Gasteiger partial charge in [-0.05, 0) is 69.1 Å². The first kappa shape index (κ1) is 18.4. The number of hydrogen-bond donors (Lipinski definition) is 1. The van der Waals surface area contributed by atoms with Crippen molar-refractivity contribution >= 4 is 17.1 Å². The molecule has 3 heteroatoms. The molecule has 27 heavy (non-hydrogen) atoms. The second-order valence-corrected chi connectivity index (χ2v) is 8.31. The Balaban J connectivity index is 1.56. The number of anilines is 3. The van der Waals surface area contributed by atoms with Gasteiger partial charge in [0.2, 0.25) is 0 Å². The Morgan fingerprint density at radius 3 is 2.26 bits per heavy atom. The van der Waals surface area contributed by atoms with Gasteiger partial charge in [-0.2, -0.15) is 0 Å². The first-order valence-corrected chi connectivity index (χ1v) is 10.7. The van der Waals surface area contributed by atoms with Crippen LogP contribution < -0.4 is 10.6 Å². The van der Waals surface area contributed by atoms with Crippen LogP contribution in [-0.4, -0.2) is 31.1 Å². The molecule has 2 aliphatic heterocycles. The molecule has 0 atom stereocenters. The van der Waals surface area contributed by atoms with E-state index in [-0.39, 0.29) is 0 Å². The van der Waals surface area contributed by atoms with Crippen LogP contribution >= 0.6 is 0 Å². The van der Waals surface area contributed by atoms with E-state index in [9.17, 15) is 0 Å². The van der Waals surface area contributed by atoms with Crippen molar-refractivity contribution in [3.63, 3.8) is 0 Å². The predicted octanol–water partition coefficient (Wildman–Crippen LogP) is 5.33. The number of likely N-dealkylation sites (tertiary alicyclic amines) is 1. The molecular formula is C24H33N3. The van der Waals surface area contributed by atoms with E-state index in [0.29, 0.717) is 5.41 Å². The molecule has 0 amide bonds. The van der Waals surface area contributed by atoms with Crippen LogP contribution in [-0.2, 0) is 5.41 Å². The second kappa shape index (κ2) is 7.93. The van der Waals surface area contributed by atoms with Gasteiger partial charge >= 0.3 is 0 Å². The van der Waals surface area contributed by atoms with Crippen molar-refractivity contribution in [2.45, 2.75) is 50.9 Å². The van der Waals surface area contributed by atoms with E-state index >= 15 is 0 Å². The Morgan fingerprint density at radius 1 is 0.852 bits per heavy atom. The number of unbranched alkanes of at least 4 members (excludes halogenated alkanes) is 2. The molecule has 1 saturated heterocycles. The molecule has 0 saturated carbocycles. The van der Waals surface area contributed by atoms with Crippen molar-refractivity contribution in [3.05, 3.63) is 54.1 Å². The summed E-state index contributed by atoms with van der Waals surface area (Å²) in [5, 5.41) is 0. The smallest absolute Gasteiger partial charge is 0.0644 e. The summed E-state index contributed by atoms with van der Waals surface area (Å²) in [6.07, 6.45) is 7.81. The number of hydrogen-bond acceptors (Lipinski definition) is 3. The monoisotopic (exact) mass is 363 g/mol. The third-order valence-corrected chi connectivity index (χ3v) is 6.70. The first-order chi connectivity index (χ1) is 13.2. The zero-order valence-corrected chi connectivity index (χ0v) is 16.7. The topological polar surface area (TPSA) is 32.5 Å². The second-order valence-electron chi connectivity index (χ2n) is 8.31. The average molecular weight is 364 g/mol. The number of rotatable bonds is 5. The van der Waals surface area contributed by atoms with E-state index < -0.39 is 0 Å². The number of fused-ring (bicyclic) bond motifs is 2. The third kappa shape index (κ3) is 3.58. The van der Waals surface area contributed by atoms with Crippen molar-refractivity contribution in [1.82, 2.24) is 4.90 Å². The minimum absolute atomic E-state index is 0.345. The third-order valence-electron chi connectivity index (χ3n) is 6.70. The van der Waals surface area contributed by atoms with E-state index in [1.165, 1.54) is 69.4 Å². The molecule has 4 rings (SSSR count). The number of nitrogen functional groups attached to an aromatic ring is 1. The van der Waals surface area contributed by atoms with Crippen LogP contribution in [0.1, 0.15) is 51.0 Å². The Kier molecular flexibility index (Phi) is 5.40. The summed E-state index contributed by atoms with van der Waals surface area (Å²) in [5.41, 5.74) is 11.6. The maximum Gasteiger partial charge on any atom is 0.0644 e. The minimum Gasteiger partial charge on any atom is -0.397 e. The Hall–Kier alpha value is -2.00. The molecule has 2 heterocycles. The molecule has 0 bridgehead atoms. The predicted molar refractivity (Wildman–Crippen MR) is 116 cm³/mol. The van der Waals surface area contributed by atoms with Crippen LogP contribution in [0.15, 0.2) is 48.5 Å². The fourth-order valence-electron chi connectivity index (χ4n) is 5.03. The summed E-state index contributed by atoms with van der Waals surface area (Å²) in [6.45, 7) is 7.10. The SMILES string of the molecule is CCCCCN1CCC2(CC1)CCN(c1ccccc1N)c1ccccc12. The summed E-state index contributed by atoms with van der Waals surface area (Å²) < 4.78 is 0. The average Bonchev–Trinajstić information content (AvgIpc) is 2.71. The van der Waals surface area contributed by atoms with E-state index in [1.807, 2.05) is 12.1 Å². The lowest BCUT2D eigenvalue weighted by Gasteiger charge is -2.48. The summed E-state index contributed by atoms with van der Waals surface area (Å²) in [5.74, 6) is 0. The fourth-order valence-corrected chi connectivity index (χ4v) is 5.03. The van der Waals surface area contributed by atoms with Gasteiger partial charge in [-0.3, -0.25) is 0 Å². The fraction of sp³-hybridized carbons (Fsp3) is 0.500. The molecular weight excluding hydrogens is 330 g/mol. The lowest BCUT2D eigenvalue weighted by molar-refractivity contribution is 0.148. The summed E-state index contributed by atoms with van der Waals surface area (Å²) in [4.78, 5) is 5.12. The Labute approximate surface area is 164 Å².